The predicted octanol–water partition coefficient (Wildman–Crippen LogP) is 2.18. The van der Waals surface area contributed by atoms with Crippen molar-refractivity contribution in [3.05, 3.63) is 44.9 Å². The standard InChI is InChI=1S/C18H22N4O4S/c1-10(2)9-26-16(24)18(4,5)22-14(23)12-11(3)15(21-8-6-7-19-21)27-13(12)20-17(22)25/h6-8,10H,9H2,1-5H3,(H,20,25). The Morgan fingerprint density at radius 2 is 2.07 bits per heavy atom. The molecule has 3 aromatic rings. The van der Waals surface area contributed by atoms with Gasteiger partial charge in [0.2, 0.25) is 0 Å². The maximum Gasteiger partial charge on any atom is 0.332 e. The van der Waals surface area contributed by atoms with E-state index in [1.54, 1.807) is 30.1 Å². The molecule has 144 valence electrons. The van der Waals surface area contributed by atoms with Crippen molar-refractivity contribution in [1.29, 1.82) is 0 Å². The molecule has 9 heteroatoms. The number of hydrogen-bond donors (Lipinski definition) is 1. The van der Waals surface area contributed by atoms with Gasteiger partial charge < -0.3 is 4.74 Å². The Labute approximate surface area is 159 Å². The molecule has 8 nitrogen and oxygen atoms in total. The van der Waals surface area contributed by atoms with Gasteiger partial charge in [0.1, 0.15) is 15.4 Å². The fourth-order valence-electron chi connectivity index (χ4n) is 2.83. The number of thiophene rings is 1. The van der Waals surface area contributed by atoms with Crippen LogP contribution in [0.25, 0.3) is 15.2 Å². The lowest BCUT2D eigenvalue weighted by atomic mass is 10.1. The highest BCUT2D eigenvalue weighted by molar-refractivity contribution is 7.21. The third-order valence-electron chi connectivity index (χ3n) is 4.28. The molecule has 0 bridgehead atoms. The van der Waals surface area contributed by atoms with Gasteiger partial charge in [-0.15, -0.1) is 0 Å². The van der Waals surface area contributed by atoms with Crippen LogP contribution < -0.4 is 11.2 Å². The Kier molecular flexibility index (Phi) is 4.81. The van der Waals surface area contributed by atoms with Gasteiger partial charge in [-0.2, -0.15) is 5.10 Å². The second kappa shape index (κ2) is 6.80. The summed E-state index contributed by atoms with van der Waals surface area (Å²) in [6.45, 7) is 8.86. The average molecular weight is 390 g/mol. The summed E-state index contributed by atoms with van der Waals surface area (Å²) in [5.41, 5.74) is -1.91. The highest BCUT2D eigenvalue weighted by Crippen LogP contribution is 2.29. The second-order valence-corrected chi connectivity index (χ2v) is 8.31. The number of aromatic nitrogens is 4. The first-order valence-corrected chi connectivity index (χ1v) is 9.42. The zero-order chi connectivity index (χ0) is 19.9. The Hall–Kier alpha value is -2.68. The van der Waals surface area contributed by atoms with Crippen molar-refractivity contribution < 1.29 is 9.53 Å². The van der Waals surface area contributed by atoms with Crippen LogP contribution in [0.2, 0.25) is 0 Å². The Morgan fingerprint density at radius 1 is 1.37 bits per heavy atom. The van der Waals surface area contributed by atoms with Crippen molar-refractivity contribution in [1.82, 2.24) is 19.3 Å². The lowest BCUT2D eigenvalue weighted by molar-refractivity contribution is -0.154. The average Bonchev–Trinajstić information content (AvgIpc) is 3.20. The number of carbonyl (C=O) groups is 1. The molecule has 1 N–H and O–H groups in total. The minimum Gasteiger partial charge on any atom is -0.464 e. The summed E-state index contributed by atoms with van der Waals surface area (Å²) in [5.74, 6) is -0.471. The van der Waals surface area contributed by atoms with Gasteiger partial charge in [-0.1, -0.05) is 25.2 Å². The first-order chi connectivity index (χ1) is 12.6. The molecule has 3 heterocycles. The maximum absolute atomic E-state index is 13.2. The molecule has 3 aromatic heterocycles. The van der Waals surface area contributed by atoms with Crippen LogP contribution in [-0.2, 0) is 15.1 Å². The van der Waals surface area contributed by atoms with E-state index < -0.39 is 22.8 Å². The molecule has 0 radical (unpaired) electrons. The van der Waals surface area contributed by atoms with E-state index >= 15 is 0 Å². The van der Waals surface area contributed by atoms with Crippen molar-refractivity contribution in [2.45, 2.75) is 40.2 Å². The van der Waals surface area contributed by atoms with Gasteiger partial charge >= 0.3 is 11.7 Å². The highest BCUT2D eigenvalue weighted by Gasteiger charge is 2.36. The van der Waals surface area contributed by atoms with Gasteiger partial charge in [0.05, 0.1) is 12.0 Å². The van der Waals surface area contributed by atoms with Crippen LogP contribution in [0.3, 0.4) is 0 Å². The molecule has 27 heavy (non-hydrogen) atoms. The lowest BCUT2D eigenvalue weighted by Gasteiger charge is -2.24. The molecule has 0 unspecified atom stereocenters. The Morgan fingerprint density at radius 3 is 2.67 bits per heavy atom. The van der Waals surface area contributed by atoms with Crippen molar-refractivity contribution in [3.63, 3.8) is 0 Å². The maximum atomic E-state index is 13.2. The number of aryl methyl sites for hydroxylation is 1. The van der Waals surface area contributed by atoms with E-state index in [-0.39, 0.29) is 12.5 Å². The van der Waals surface area contributed by atoms with Crippen molar-refractivity contribution in [2.75, 3.05) is 6.61 Å². The minimum atomic E-state index is -1.44. The van der Waals surface area contributed by atoms with Crippen LogP contribution in [0.15, 0.2) is 28.0 Å². The quantitative estimate of drug-likeness (QED) is 0.673. The molecule has 0 aliphatic carbocycles. The number of nitrogens with zero attached hydrogens (tertiary/aromatic N) is 3. The Bertz CT molecular complexity index is 1100. The molecule has 0 aliphatic rings. The number of H-pyrrole nitrogens is 1. The molecule has 0 amide bonds. The summed E-state index contributed by atoms with van der Waals surface area (Å²) in [6.07, 6.45) is 3.40. The normalized spacial score (nSPS) is 12.1. The summed E-state index contributed by atoms with van der Waals surface area (Å²) in [6, 6.07) is 1.78. The van der Waals surface area contributed by atoms with Crippen LogP contribution >= 0.6 is 11.3 Å². The minimum absolute atomic E-state index is 0.151. The SMILES string of the molecule is Cc1c(-n2cccn2)sc2[nH]c(=O)n(C(C)(C)C(=O)OCC(C)C)c(=O)c12. The zero-order valence-electron chi connectivity index (χ0n) is 15.9. The van der Waals surface area contributed by atoms with Gasteiger partial charge in [0, 0.05) is 18.0 Å². The second-order valence-electron chi connectivity index (χ2n) is 7.31. The van der Waals surface area contributed by atoms with Gasteiger partial charge in [0.15, 0.2) is 0 Å². The molecule has 0 aromatic carbocycles. The van der Waals surface area contributed by atoms with Crippen LogP contribution in [0.1, 0.15) is 33.3 Å². The number of fused-ring (bicyclic) bond motifs is 1. The van der Waals surface area contributed by atoms with Crippen LogP contribution in [0.4, 0.5) is 0 Å². The number of esters is 1. The van der Waals surface area contributed by atoms with E-state index in [0.717, 1.165) is 9.57 Å². The van der Waals surface area contributed by atoms with E-state index in [9.17, 15) is 14.4 Å². The van der Waals surface area contributed by atoms with Crippen molar-refractivity contribution in [2.24, 2.45) is 5.92 Å². The molecule has 0 saturated heterocycles. The molecule has 0 saturated carbocycles. The van der Waals surface area contributed by atoms with Gasteiger partial charge in [-0.25, -0.2) is 18.8 Å². The van der Waals surface area contributed by atoms with Crippen molar-refractivity contribution in [3.8, 4) is 5.00 Å². The van der Waals surface area contributed by atoms with Gasteiger partial charge in [-0.05, 0) is 32.8 Å². The van der Waals surface area contributed by atoms with Crippen LogP contribution in [0.5, 0.6) is 0 Å². The smallest absolute Gasteiger partial charge is 0.332 e. The molecular weight excluding hydrogens is 368 g/mol. The number of aromatic amines is 1. The number of hydrogen-bond acceptors (Lipinski definition) is 6. The topological polar surface area (TPSA) is 99.0 Å². The molecule has 0 spiro atoms. The lowest BCUT2D eigenvalue weighted by Crippen LogP contribution is -2.51. The van der Waals surface area contributed by atoms with Crippen molar-refractivity contribution >= 4 is 27.5 Å². The van der Waals surface area contributed by atoms with Gasteiger partial charge in [-0.3, -0.25) is 9.78 Å². The summed E-state index contributed by atoms with van der Waals surface area (Å²) in [5, 5.41) is 5.29. The van der Waals surface area contributed by atoms with Crippen LogP contribution in [0, 0.1) is 12.8 Å². The first kappa shape index (κ1) is 19.1. The third-order valence-corrected chi connectivity index (χ3v) is 5.48. The fraction of sp³-hybridized carbons (Fsp3) is 0.444. The zero-order valence-corrected chi connectivity index (χ0v) is 16.7. The first-order valence-electron chi connectivity index (χ1n) is 8.60. The summed E-state index contributed by atoms with van der Waals surface area (Å²) < 4.78 is 7.85. The number of ether oxygens (including phenoxy) is 1. The molecular formula is C18H22N4O4S. The van der Waals surface area contributed by atoms with E-state index in [4.69, 9.17) is 4.74 Å². The molecule has 0 atom stereocenters. The fourth-order valence-corrected chi connectivity index (χ4v) is 3.96. The van der Waals surface area contributed by atoms with E-state index in [2.05, 4.69) is 10.1 Å². The largest absolute Gasteiger partial charge is 0.464 e. The third kappa shape index (κ3) is 3.23. The number of rotatable bonds is 5. The summed E-state index contributed by atoms with van der Waals surface area (Å²) in [7, 11) is 0. The van der Waals surface area contributed by atoms with E-state index in [0.29, 0.717) is 15.8 Å². The highest BCUT2D eigenvalue weighted by atomic mass is 32.1. The Balaban J connectivity index is 2.17. The summed E-state index contributed by atoms with van der Waals surface area (Å²) in [4.78, 5) is 41.5. The van der Waals surface area contributed by atoms with Gasteiger partial charge in [0.25, 0.3) is 5.56 Å². The number of nitrogens with one attached hydrogen (secondary N) is 1. The predicted molar refractivity (Wildman–Crippen MR) is 104 cm³/mol. The number of carbonyl (C=O) groups excluding carboxylic acids is 1. The molecule has 0 fully saturated rings. The molecule has 3 rings (SSSR count). The van der Waals surface area contributed by atoms with E-state index in [1.807, 2.05) is 13.8 Å². The molecule has 0 aliphatic heterocycles. The monoisotopic (exact) mass is 390 g/mol. The summed E-state index contributed by atoms with van der Waals surface area (Å²) >= 11 is 1.27. The van der Waals surface area contributed by atoms with Crippen LogP contribution in [-0.4, -0.2) is 31.9 Å². The van der Waals surface area contributed by atoms with E-state index in [1.165, 1.54) is 25.2 Å².